The summed E-state index contributed by atoms with van der Waals surface area (Å²) in [4.78, 5) is 25.1. The molecule has 1 aromatic rings. The fourth-order valence-corrected chi connectivity index (χ4v) is 2.68. The topological polar surface area (TPSA) is 43.4 Å². The van der Waals surface area contributed by atoms with Crippen LogP contribution >= 0.6 is 11.3 Å². The number of Topliss-reactive ketones (excluding diaryl/α,β-unsaturated/α-hetero) is 1. The van der Waals surface area contributed by atoms with Crippen molar-refractivity contribution in [2.24, 2.45) is 5.41 Å². The van der Waals surface area contributed by atoms with Crippen LogP contribution in [0.4, 0.5) is 0 Å². The van der Waals surface area contributed by atoms with E-state index in [4.69, 9.17) is 4.74 Å². The molecule has 0 saturated carbocycles. The van der Waals surface area contributed by atoms with Gasteiger partial charge in [0.1, 0.15) is 11.2 Å². The summed E-state index contributed by atoms with van der Waals surface area (Å²) in [5, 5.41) is 1.93. The van der Waals surface area contributed by atoms with Gasteiger partial charge in [0, 0.05) is 11.3 Å². The van der Waals surface area contributed by atoms with Crippen LogP contribution in [-0.2, 0) is 20.7 Å². The van der Waals surface area contributed by atoms with E-state index in [2.05, 4.69) is 6.58 Å². The van der Waals surface area contributed by atoms with Crippen LogP contribution in [0.5, 0.6) is 0 Å². The van der Waals surface area contributed by atoms with Crippen LogP contribution < -0.4 is 0 Å². The van der Waals surface area contributed by atoms with Crippen molar-refractivity contribution in [1.82, 2.24) is 0 Å². The van der Waals surface area contributed by atoms with Gasteiger partial charge >= 0.3 is 5.97 Å². The summed E-state index contributed by atoms with van der Waals surface area (Å²) in [5.41, 5.74) is -1.12. The third-order valence-corrected chi connectivity index (χ3v) is 3.77. The van der Waals surface area contributed by atoms with Gasteiger partial charge in [0.2, 0.25) is 0 Å². The molecule has 0 aliphatic heterocycles. The highest BCUT2D eigenvalue weighted by molar-refractivity contribution is 7.09. The van der Waals surface area contributed by atoms with Gasteiger partial charge in [0.15, 0.2) is 0 Å². The Balaban J connectivity index is 3.08. The van der Waals surface area contributed by atoms with Gasteiger partial charge in [0.25, 0.3) is 0 Å². The number of rotatable bonds is 7. The molecule has 0 unspecified atom stereocenters. The van der Waals surface area contributed by atoms with E-state index in [0.717, 1.165) is 4.88 Å². The molecule has 1 atom stereocenters. The second kappa shape index (κ2) is 6.50. The minimum atomic E-state index is -1.12. The number of ketones is 1. The van der Waals surface area contributed by atoms with E-state index >= 15 is 0 Å². The second-order valence-electron chi connectivity index (χ2n) is 4.11. The zero-order valence-corrected chi connectivity index (χ0v) is 11.6. The SMILES string of the molecule is C=CC[C@@](Cc1cccs1)(C(C)=O)C(=O)OCC. The van der Waals surface area contributed by atoms with Crippen molar-refractivity contribution in [1.29, 1.82) is 0 Å². The lowest BCUT2D eigenvalue weighted by molar-refractivity contribution is -0.159. The van der Waals surface area contributed by atoms with Gasteiger partial charge in [-0.3, -0.25) is 9.59 Å². The van der Waals surface area contributed by atoms with Crippen LogP contribution in [0.15, 0.2) is 30.2 Å². The van der Waals surface area contributed by atoms with Crippen LogP contribution in [-0.4, -0.2) is 18.4 Å². The molecule has 0 aromatic carbocycles. The summed E-state index contributed by atoms with van der Waals surface area (Å²) >= 11 is 1.53. The summed E-state index contributed by atoms with van der Waals surface area (Å²) in [6.07, 6.45) is 2.29. The van der Waals surface area contributed by atoms with E-state index in [9.17, 15) is 9.59 Å². The fourth-order valence-electron chi connectivity index (χ4n) is 1.87. The van der Waals surface area contributed by atoms with Crippen molar-refractivity contribution in [2.45, 2.75) is 26.7 Å². The number of carbonyl (C=O) groups excluding carboxylic acids is 2. The number of hydrogen-bond donors (Lipinski definition) is 0. The van der Waals surface area contributed by atoms with Crippen LogP contribution in [0.2, 0.25) is 0 Å². The van der Waals surface area contributed by atoms with Crippen molar-refractivity contribution in [3.8, 4) is 0 Å². The Morgan fingerprint density at radius 2 is 2.28 bits per heavy atom. The highest BCUT2D eigenvalue weighted by Crippen LogP contribution is 2.32. The maximum Gasteiger partial charge on any atom is 0.320 e. The first-order valence-corrected chi connectivity index (χ1v) is 6.76. The average Bonchev–Trinajstić information content (AvgIpc) is 2.81. The zero-order chi connectivity index (χ0) is 13.6. The third kappa shape index (κ3) is 3.07. The molecule has 0 N–H and O–H groups in total. The number of ether oxygens (including phenoxy) is 1. The summed E-state index contributed by atoms with van der Waals surface area (Å²) in [6, 6.07) is 3.83. The molecule has 4 heteroatoms. The van der Waals surface area contributed by atoms with Crippen molar-refractivity contribution in [3.05, 3.63) is 35.0 Å². The molecule has 98 valence electrons. The van der Waals surface area contributed by atoms with Gasteiger partial charge in [0.05, 0.1) is 6.61 Å². The second-order valence-corrected chi connectivity index (χ2v) is 5.14. The monoisotopic (exact) mass is 266 g/mol. The van der Waals surface area contributed by atoms with E-state index < -0.39 is 11.4 Å². The third-order valence-electron chi connectivity index (χ3n) is 2.89. The number of carbonyl (C=O) groups is 2. The molecule has 18 heavy (non-hydrogen) atoms. The minimum absolute atomic E-state index is 0.172. The molecular weight excluding hydrogens is 248 g/mol. The van der Waals surface area contributed by atoms with Gasteiger partial charge in [-0.15, -0.1) is 17.9 Å². The number of hydrogen-bond acceptors (Lipinski definition) is 4. The van der Waals surface area contributed by atoms with Crippen LogP contribution in [0.1, 0.15) is 25.1 Å². The first-order chi connectivity index (χ1) is 8.56. The Morgan fingerprint density at radius 1 is 1.56 bits per heavy atom. The van der Waals surface area contributed by atoms with E-state index in [-0.39, 0.29) is 12.4 Å². The van der Waals surface area contributed by atoms with Gasteiger partial charge in [-0.1, -0.05) is 12.1 Å². The molecule has 0 aliphatic rings. The summed E-state index contributed by atoms with van der Waals surface area (Å²) in [7, 11) is 0. The Hall–Kier alpha value is -1.42. The Morgan fingerprint density at radius 3 is 2.72 bits per heavy atom. The summed E-state index contributed by atoms with van der Waals surface area (Å²) in [6.45, 7) is 7.09. The summed E-state index contributed by atoms with van der Waals surface area (Å²) in [5.74, 6) is -0.625. The van der Waals surface area contributed by atoms with Crippen LogP contribution in [0.25, 0.3) is 0 Å². The van der Waals surface area contributed by atoms with Crippen molar-refractivity contribution >= 4 is 23.1 Å². The molecule has 0 fully saturated rings. The molecule has 1 heterocycles. The highest BCUT2D eigenvalue weighted by atomic mass is 32.1. The van der Waals surface area contributed by atoms with E-state index in [1.54, 1.807) is 13.0 Å². The first-order valence-electron chi connectivity index (χ1n) is 5.88. The van der Waals surface area contributed by atoms with Crippen LogP contribution in [0.3, 0.4) is 0 Å². The lowest BCUT2D eigenvalue weighted by atomic mass is 9.77. The van der Waals surface area contributed by atoms with Gasteiger partial charge < -0.3 is 4.74 Å². The van der Waals surface area contributed by atoms with Crippen LogP contribution in [0, 0.1) is 5.41 Å². The van der Waals surface area contributed by atoms with Crippen molar-refractivity contribution < 1.29 is 14.3 Å². The Bertz CT molecular complexity index is 422. The van der Waals surface area contributed by atoms with Gasteiger partial charge in [-0.25, -0.2) is 0 Å². The molecule has 0 amide bonds. The molecule has 1 aromatic heterocycles. The zero-order valence-electron chi connectivity index (χ0n) is 10.8. The first kappa shape index (κ1) is 14.6. The predicted molar refractivity (Wildman–Crippen MR) is 72.6 cm³/mol. The number of thiophene rings is 1. The Labute approximate surface area is 111 Å². The average molecular weight is 266 g/mol. The molecule has 3 nitrogen and oxygen atoms in total. The molecule has 0 saturated heterocycles. The fraction of sp³-hybridized carbons (Fsp3) is 0.429. The minimum Gasteiger partial charge on any atom is -0.465 e. The maximum absolute atomic E-state index is 12.1. The maximum atomic E-state index is 12.1. The standard InChI is InChI=1S/C14H18O3S/c1-4-8-14(11(3)15,13(16)17-5-2)10-12-7-6-9-18-12/h4,6-7,9H,1,5,8,10H2,2-3H3/t14-/m1/s1. The highest BCUT2D eigenvalue weighted by Gasteiger charge is 2.43. The largest absolute Gasteiger partial charge is 0.465 e. The molecule has 0 aliphatic carbocycles. The number of allylic oxidation sites excluding steroid dienone is 1. The predicted octanol–water partition coefficient (Wildman–Crippen LogP) is 3.01. The Kier molecular flexibility index (Phi) is 5.28. The molecule has 0 radical (unpaired) electrons. The lowest BCUT2D eigenvalue weighted by Gasteiger charge is -2.27. The normalized spacial score (nSPS) is 13.7. The quantitative estimate of drug-likeness (QED) is 0.433. The van der Waals surface area contributed by atoms with Gasteiger partial charge in [-0.05, 0) is 31.7 Å². The number of esters is 1. The smallest absolute Gasteiger partial charge is 0.320 e. The van der Waals surface area contributed by atoms with E-state index in [0.29, 0.717) is 12.8 Å². The molecule has 1 rings (SSSR count). The molecule has 0 spiro atoms. The summed E-state index contributed by atoms with van der Waals surface area (Å²) < 4.78 is 5.07. The molecular formula is C14H18O3S. The van der Waals surface area contributed by atoms with E-state index in [1.807, 2.05) is 17.5 Å². The molecule has 0 bridgehead atoms. The van der Waals surface area contributed by atoms with Gasteiger partial charge in [-0.2, -0.15) is 0 Å². The van der Waals surface area contributed by atoms with E-state index in [1.165, 1.54) is 18.3 Å². The van der Waals surface area contributed by atoms with Crippen molar-refractivity contribution in [3.63, 3.8) is 0 Å². The van der Waals surface area contributed by atoms with Crippen molar-refractivity contribution in [2.75, 3.05) is 6.61 Å². The lowest BCUT2D eigenvalue weighted by Crippen LogP contribution is -2.41.